The van der Waals surface area contributed by atoms with Crippen LogP contribution in [0.5, 0.6) is 0 Å². The van der Waals surface area contributed by atoms with Crippen molar-refractivity contribution in [2.75, 3.05) is 0 Å². The van der Waals surface area contributed by atoms with E-state index in [0.29, 0.717) is 0 Å². The average molecular weight is 199 g/mol. The van der Waals surface area contributed by atoms with Crippen LogP contribution in [-0.4, -0.2) is 23.5 Å². The molecule has 0 aliphatic heterocycles. The van der Waals surface area contributed by atoms with Gasteiger partial charge in [-0.1, -0.05) is 6.58 Å². The number of ether oxygens (including phenoxy) is 1. The number of hydrogen-bond acceptors (Lipinski definition) is 3. The van der Waals surface area contributed by atoms with Crippen molar-refractivity contribution in [3.63, 3.8) is 0 Å². The quantitative estimate of drug-likeness (QED) is 0.703. The molecule has 4 nitrogen and oxygen atoms in total. The smallest absolute Gasteiger partial charge is 0.408 e. The van der Waals surface area contributed by atoms with E-state index in [0.717, 1.165) is 0 Å². The molecule has 0 saturated heterocycles. The Bertz CT molecular complexity index is 240. The Morgan fingerprint density at radius 1 is 1.43 bits per heavy atom. The van der Waals surface area contributed by atoms with Crippen LogP contribution < -0.4 is 5.32 Å². The molecule has 14 heavy (non-hydrogen) atoms. The van der Waals surface area contributed by atoms with Crippen molar-refractivity contribution >= 4 is 11.9 Å². The molecule has 0 fully saturated rings. The van der Waals surface area contributed by atoms with Gasteiger partial charge in [0.25, 0.3) is 0 Å². The monoisotopic (exact) mass is 199 g/mol. The van der Waals surface area contributed by atoms with Crippen molar-refractivity contribution in [1.29, 1.82) is 0 Å². The zero-order chi connectivity index (χ0) is 11.4. The fraction of sp³-hybridized carbons (Fsp3) is 0.600. The molecular weight excluding hydrogens is 182 g/mol. The minimum Gasteiger partial charge on any atom is -0.444 e. The van der Waals surface area contributed by atoms with E-state index in [2.05, 4.69) is 11.9 Å². The normalized spacial score (nSPS) is 12.9. The number of carbonyl (C=O) groups is 2. The van der Waals surface area contributed by atoms with E-state index < -0.39 is 17.7 Å². The molecule has 0 aromatic rings. The van der Waals surface area contributed by atoms with Crippen LogP contribution in [0.15, 0.2) is 12.7 Å². The molecular formula is C10H17NO3. The van der Waals surface area contributed by atoms with Gasteiger partial charge in [0.1, 0.15) is 5.60 Å². The number of alkyl carbamates (subject to hydrolysis) is 1. The number of hydrogen-bond donors (Lipinski definition) is 1. The lowest BCUT2D eigenvalue weighted by atomic mass is 10.2. The van der Waals surface area contributed by atoms with Crippen LogP contribution in [0.4, 0.5) is 4.79 Å². The highest BCUT2D eigenvalue weighted by Crippen LogP contribution is 2.06. The molecule has 4 heteroatoms. The van der Waals surface area contributed by atoms with E-state index in [-0.39, 0.29) is 5.78 Å². The van der Waals surface area contributed by atoms with E-state index >= 15 is 0 Å². The number of ketones is 1. The largest absolute Gasteiger partial charge is 0.444 e. The maximum atomic E-state index is 11.2. The summed E-state index contributed by atoms with van der Waals surface area (Å²) in [7, 11) is 0. The van der Waals surface area contributed by atoms with Crippen LogP contribution in [0.3, 0.4) is 0 Å². The summed E-state index contributed by atoms with van der Waals surface area (Å²) in [6, 6.07) is -0.595. The maximum Gasteiger partial charge on any atom is 0.408 e. The molecule has 0 aromatic carbocycles. The van der Waals surface area contributed by atoms with Gasteiger partial charge in [-0.25, -0.2) is 4.79 Å². The standard InChI is InChI=1S/C10H17NO3/c1-6-8(12)7(2)11-9(13)14-10(3,4)5/h6-7H,1H2,2-5H3,(H,11,13). The molecule has 0 heterocycles. The molecule has 1 amide bonds. The van der Waals surface area contributed by atoms with Gasteiger partial charge in [-0.05, 0) is 33.8 Å². The molecule has 0 aromatic heterocycles. The third-order valence-corrected chi connectivity index (χ3v) is 1.36. The Kier molecular flexibility index (Phi) is 4.34. The molecule has 0 rings (SSSR count). The Morgan fingerprint density at radius 3 is 2.29 bits per heavy atom. The van der Waals surface area contributed by atoms with E-state index in [1.807, 2.05) is 0 Å². The second-order valence-electron chi connectivity index (χ2n) is 3.97. The molecule has 1 atom stereocenters. The molecule has 1 unspecified atom stereocenters. The predicted molar refractivity (Wildman–Crippen MR) is 54.0 cm³/mol. The summed E-state index contributed by atoms with van der Waals surface area (Å²) in [5.74, 6) is -0.240. The van der Waals surface area contributed by atoms with Gasteiger partial charge in [0, 0.05) is 0 Å². The molecule has 0 aliphatic rings. The predicted octanol–water partition coefficient (Wildman–Crippen LogP) is 1.65. The summed E-state index contributed by atoms with van der Waals surface area (Å²) in [5, 5.41) is 2.41. The molecule has 0 saturated carbocycles. The van der Waals surface area contributed by atoms with Crippen molar-refractivity contribution in [2.45, 2.75) is 39.3 Å². The van der Waals surface area contributed by atoms with Crippen molar-refractivity contribution < 1.29 is 14.3 Å². The third-order valence-electron chi connectivity index (χ3n) is 1.36. The molecule has 0 bridgehead atoms. The first-order valence-electron chi connectivity index (χ1n) is 4.42. The van der Waals surface area contributed by atoms with Crippen molar-refractivity contribution in [3.8, 4) is 0 Å². The highest BCUT2D eigenvalue weighted by molar-refractivity contribution is 5.95. The van der Waals surface area contributed by atoms with Gasteiger partial charge in [-0.2, -0.15) is 0 Å². The van der Waals surface area contributed by atoms with Crippen molar-refractivity contribution in [2.24, 2.45) is 0 Å². The van der Waals surface area contributed by atoms with Crippen LogP contribution in [0, 0.1) is 0 Å². The second-order valence-corrected chi connectivity index (χ2v) is 3.97. The van der Waals surface area contributed by atoms with Gasteiger partial charge in [0.15, 0.2) is 5.78 Å². The minimum atomic E-state index is -0.597. The van der Waals surface area contributed by atoms with Crippen LogP contribution >= 0.6 is 0 Å². The lowest BCUT2D eigenvalue weighted by Crippen LogP contribution is -2.41. The highest BCUT2D eigenvalue weighted by Gasteiger charge is 2.19. The maximum absolute atomic E-state index is 11.2. The summed E-state index contributed by atoms with van der Waals surface area (Å²) >= 11 is 0. The average Bonchev–Trinajstić information content (AvgIpc) is 1.99. The summed E-state index contributed by atoms with van der Waals surface area (Å²) in [4.78, 5) is 22.2. The Hall–Kier alpha value is -1.32. The lowest BCUT2D eigenvalue weighted by molar-refractivity contribution is -0.116. The van der Waals surface area contributed by atoms with Gasteiger partial charge in [-0.3, -0.25) is 4.79 Å². The second kappa shape index (κ2) is 4.79. The summed E-state index contributed by atoms with van der Waals surface area (Å²) in [5.41, 5.74) is -0.555. The Morgan fingerprint density at radius 2 is 1.93 bits per heavy atom. The SMILES string of the molecule is C=CC(=O)C(C)NC(=O)OC(C)(C)C. The number of carbonyl (C=O) groups excluding carboxylic acids is 2. The molecule has 1 N–H and O–H groups in total. The first-order chi connectivity index (χ1) is 6.26. The van der Waals surface area contributed by atoms with Gasteiger partial charge in [-0.15, -0.1) is 0 Å². The fourth-order valence-corrected chi connectivity index (χ4v) is 0.732. The Labute approximate surface area is 84.3 Å². The molecule has 0 radical (unpaired) electrons. The fourth-order valence-electron chi connectivity index (χ4n) is 0.732. The summed E-state index contributed by atoms with van der Waals surface area (Å²) in [6.07, 6.45) is 0.572. The van der Waals surface area contributed by atoms with Crippen molar-refractivity contribution in [1.82, 2.24) is 5.32 Å². The molecule has 0 spiro atoms. The van der Waals surface area contributed by atoms with Gasteiger partial charge in [0.2, 0.25) is 0 Å². The zero-order valence-electron chi connectivity index (χ0n) is 9.09. The summed E-state index contributed by atoms with van der Waals surface area (Å²) < 4.78 is 4.97. The topological polar surface area (TPSA) is 55.4 Å². The third kappa shape index (κ3) is 5.35. The first-order valence-corrected chi connectivity index (χ1v) is 4.42. The van der Waals surface area contributed by atoms with E-state index in [9.17, 15) is 9.59 Å². The number of rotatable bonds is 3. The van der Waals surface area contributed by atoms with E-state index in [1.165, 1.54) is 6.08 Å². The number of amides is 1. The van der Waals surface area contributed by atoms with Gasteiger partial charge in [0.05, 0.1) is 6.04 Å². The van der Waals surface area contributed by atoms with Crippen LogP contribution in [-0.2, 0) is 9.53 Å². The highest BCUT2D eigenvalue weighted by atomic mass is 16.6. The van der Waals surface area contributed by atoms with Crippen LogP contribution in [0.2, 0.25) is 0 Å². The number of nitrogens with one attached hydrogen (secondary N) is 1. The zero-order valence-corrected chi connectivity index (χ0v) is 9.09. The van der Waals surface area contributed by atoms with Crippen molar-refractivity contribution in [3.05, 3.63) is 12.7 Å². The van der Waals surface area contributed by atoms with Gasteiger partial charge < -0.3 is 10.1 Å². The van der Waals surface area contributed by atoms with Gasteiger partial charge >= 0.3 is 6.09 Å². The lowest BCUT2D eigenvalue weighted by Gasteiger charge is -2.21. The minimum absolute atomic E-state index is 0.240. The molecule has 0 aliphatic carbocycles. The van der Waals surface area contributed by atoms with Crippen LogP contribution in [0.1, 0.15) is 27.7 Å². The summed E-state index contributed by atoms with van der Waals surface area (Å²) in [6.45, 7) is 10.2. The van der Waals surface area contributed by atoms with E-state index in [4.69, 9.17) is 4.74 Å². The molecule has 80 valence electrons. The first kappa shape index (κ1) is 12.7. The van der Waals surface area contributed by atoms with E-state index in [1.54, 1.807) is 27.7 Å². The Balaban J connectivity index is 4.07. The van der Waals surface area contributed by atoms with Crippen LogP contribution in [0.25, 0.3) is 0 Å².